The van der Waals surface area contributed by atoms with Gasteiger partial charge in [-0.25, -0.2) is 4.98 Å². The van der Waals surface area contributed by atoms with Crippen LogP contribution in [0.25, 0.3) is 0 Å². The van der Waals surface area contributed by atoms with Crippen LogP contribution in [0.15, 0.2) is 34.1 Å². The summed E-state index contributed by atoms with van der Waals surface area (Å²) in [5, 5.41) is 16.4. The van der Waals surface area contributed by atoms with Gasteiger partial charge in [0.1, 0.15) is 5.82 Å². The minimum absolute atomic E-state index is 0.105. The minimum atomic E-state index is 0.105. The van der Waals surface area contributed by atoms with Crippen molar-refractivity contribution in [3.63, 3.8) is 0 Å². The second-order valence-corrected chi connectivity index (χ2v) is 6.08. The summed E-state index contributed by atoms with van der Waals surface area (Å²) in [6.45, 7) is 2.76. The lowest BCUT2D eigenvalue weighted by Gasteiger charge is -2.25. The third kappa shape index (κ3) is 3.00. The molecule has 0 unspecified atom stereocenters. The van der Waals surface area contributed by atoms with E-state index in [4.69, 9.17) is 10.9 Å². The SMILES string of the molecule is Cc1ccc(C(N)=NO)c(N(Cc2ccsc2)C2CC2)n1. The highest BCUT2D eigenvalue weighted by Crippen LogP contribution is 2.34. The Bertz CT molecular complexity index is 650. The molecule has 0 atom stereocenters. The molecule has 3 N–H and O–H groups in total. The van der Waals surface area contributed by atoms with Gasteiger partial charge in [0.15, 0.2) is 5.84 Å². The first-order chi connectivity index (χ1) is 10.2. The summed E-state index contributed by atoms with van der Waals surface area (Å²) in [5.41, 5.74) is 8.69. The molecule has 2 heterocycles. The number of pyridine rings is 1. The zero-order chi connectivity index (χ0) is 14.8. The zero-order valence-corrected chi connectivity index (χ0v) is 12.7. The highest BCUT2D eigenvalue weighted by atomic mass is 32.1. The minimum Gasteiger partial charge on any atom is -0.409 e. The smallest absolute Gasteiger partial charge is 0.173 e. The molecule has 5 nitrogen and oxygen atoms in total. The van der Waals surface area contributed by atoms with Gasteiger partial charge in [0, 0.05) is 18.3 Å². The number of nitrogens with zero attached hydrogens (tertiary/aromatic N) is 3. The van der Waals surface area contributed by atoms with Crippen LogP contribution in [0.5, 0.6) is 0 Å². The molecule has 0 radical (unpaired) electrons. The molecule has 6 heteroatoms. The normalized spacial score (nSPS) is 15.2. The largest absolute Gasteiger partial charge is 0.409 e. The Morgan fingerprint density at radius 2 is 2.29 bits per heavy atom. The number of nitrogens with two attached hydrogens (primary N) is 1. The van der Waals surface area contributed by atoms with Crippen molar-refractivity contribution in [3.8, 4) is 0 Å². The molecule has 0 bridgehead atoms. The first-order valence-electron chi connectivity index (χ1n) is 6.92. The van der Waals surface area contributed by atoms with Crippen LogP contribution in [0, 0.1) is 6.92 Å². The molecule has 2 aromatic rings. The third-order valence-electron chi connectivity index (χ3n) is 3.59. The predicted molar refractivity (Wildman–Crippen MR) is 85.0 cm³/mol. The van der Waals surface area contributed by atoms with Crippen LogP contribution in [-0.2, 0) is 6.54 Å². The lowest BCUT2D eigenvalue weighted by molar-refractivity contribution is 0.318. The van der Waals surface area contributed by atoms with E-state index >= 15 is 0 Å². The molecule has 1 aliphatic carbocycles. The Labute approximate surface area is 127 Å². The topological polar surface area (TPSA) is 74.7 Å². The Morgan fingerprint density at radius 1 is 1.48 bits per heavy atom. The monoisotopic (exact) mass is 302 g/mol. The fourth-order valence-electron chi connectivity index (χ4n) is 2.36. The van der Waals surface area contributed by atoms with Gasteiger partial charge in [-0.1, -0.05) is 5.16 Å². The maximum Gasteiger partial charge on any atom is 0.173 e. The highest BCUT2D eigenvalue weighted by Gasteiger charge is 2.32. The summed E-state index contributed by atoms with van der Waals surface area (Å²) in [5.74, 6) is 0.910. The van der Waals surface area contributed by atoms with Gasteiger partial charge >= 0.3 is 0 Å². The molecule has 3 rings (SSSR count). The molecule has 0 saturated heterocycles. The number of thiophene rings is 1. The Hall–Kier alpha value is -2.08. The first kappa shape index (κ1) is 13.9. The van der Waals surface area contributed by atoms with Crippen LogP contribution in [0.4, 0.5) is 5.82 Å². The second-order valence-electron chi connectivity index (χ2n) is 5.30. The van der Waals surface area contributed by atoms with Gasteiger partial charge in [0.25, 0.3) is 0 Å². The Balaban J connectivity index is 2.00. The zero-order valence-electron chi connectivity index (χ0n) is 11.9. The molecule has 0 aliphatic heterocycles. The van der Waals surface area contributed by atoms with Crippen molar-refractivity contribution in [1.82, 2.24) is 4.98 Å². The van der Waals surface area contributed by atoms with E-state index < -0.39 is 0 Å². The molecule has 1 saturated carbocycles. The average molecular weight is 302 g/mol. The molecule has 21 heavy (non-hydrogen) atoms. The molecule has 0 amide bonds. The van der Waals surface area contributed by atoms with E-state index in [0.717, 1.165) is 30.9 Å². The molecule has 0 aromatic carbocycles. The maximum atomic E-state index is 8.99. The van der Waals surface area contributed by atoms with Crippen LogP contribution in [0.3, 0.4) is 0 Å². The first-order valence-corrected chi connectivity index (χ1v) is 7.86. The molecule has 0 spiro atoms. The van der Waals surface area contributed by atoms with E-state index in [1.165, 1.54) is 5.56 Å². The lowest BCUT2D eigenvalue weighted by atomic mass is 10.2. The molecule has 110 valence electrons. The predicted octanol–water partition coefficient (Wildman–Crippen LogP) is 2.72. The standard InChI is InChI=1S/C15H18N4OS/c1-10-2-5-13(14(16)18-20)15(17-10)19(12-3-4-12)8-11-6-7-21-9-11/h2,5-7,9,12,20H,3-4,8H2,1H3,(H2,16,18). The summed E-state index contributed by atoms with van der Waals surface area (Å²) in [6.07, 6.45) is 2.32. The molecule has 1 aliphatic rings. The summed E-state index contributed by atoms with van der Waals surface area (Å²) in [4.78, 5) is 6.91. The quantitative estimate of drug-likeness (QED) is 0.385. The van der Waals surface area contributed by atoms with E-state index in [9.17, 15) is 0 Å². The highest BCUT2D eigenvalue weighted by molar-refractivity contribution is 7.07. The van der Waals surface area contributed by atoms with Gasteiger partial charge in [0.2, 0.25) is 0 Å². The number of oxime groups is 1. The van der Waals surface area contributed by atoms with E-state index in [2.05, 4.69) is 31.9 Å². The van der Waals surface area contributed by atoms with Gasteiger partial charge in [-0.15, -0.1) is 0 Å². The number of hydrogen-bond acceptors (Lipinski definition) is 5. The van der Waals surface area contributed by atoms with Gasteiger partial charge in [-0.3, -0.25) is 0 Å². The van der Waals surface area contributed by atoms with Crippen LogP contribution in [0.1, 0.15) is 29.7 Å². The summed E-state index contributed by atoms with van der Waals surface area (Å²) in [7, 11) is 0. The van der Waals surface area contributed by atoms with Crippen LogP contribution in [-0.4, -0.2) is 22.1 Å². The van der Waals surface area contributed by atoms with Crippen molar-refractivity contribution in [1.29, 1.82) is 0 Å². The number of amidine groups is 1. The number of rotatable bonds is 5. The van der Waals surface area contributed by atoms with Crippen molar-refractivity contribution in [2.75, 3.05) is 4.90 Å². The van der Waals surface area contributed by atoms with E-state index in [1.807, 2.05) is 19.1 Å². The molecular formula is C15H18N4OS. The Morgan fingerprint density at radius 3 is 2.90 bits per heavy atom. The van der Waals surface area contributed by atoms with Gasteiger partial charge < -0.3 is 15.8 Å². The molecular weight excluding hydrogens is 284 g/mol. The van der Waals surface area contributed by atoms with Crippen LogP contribution < -0.4 is 10.6 Å². The summed E-state index contributed by atoms with van der Waals surface area (Å²) < 4.78 is 0. The van der Waals surface area contributed by atoms with Gasteiger partial charge in [0.05, 0.1) is 5.56 Å². The van der Waals surface area contributed by atoms with E-state index in [-0.39, 0.29) is 5.84 Å². The van der Waals surface area contributed by atoms with E-state index in [0.29, 0.717) is 11.6 Å². The van der Waals surface area contributed by atoms with E-state index in [1.54, 1.807) is 11.3 Å². The van der Waals surface area contributed by atoms with Crippen molar-refractivity contribution in [2.24, 2.45) is 10.9 Å². The summed E-state index contributed by atoms with van der Waals surface area (Å²) >= 11 is 1.69. The Kier molecular flexibility index (Phi) is 3.79. The van der Waals surface area contributed by atoms with Crippen molar-refractivity contribution in [3.05, 3.63) is 45.8 Å². The number of anilines is 1. The molecule has 2 aromatic heterocycles. The molecule has 1 fully saturated rings. The van der Waals surface area contributed by atoms with Gasteiger partial charge in [-0.2, -0.15) is 11.3 Å². The van der Waals surface area contributed by atoms with Crippen LogP contribution >= 0.6 is 11.3 Å². The lowest BCUT2D eigenvalue weighted by Crippen LogP contribution is -2.29. The van der Waals surface area contributed by atoms with Gasteiger partial charge in [-0.05, 0) is 54.3 Å². The van der Waals surface area contributed by atoms with Crippen molar-refractivity contribution in [2.45, 2.75) is 32.4 Å². The third-order valence-corrected chi connectivity index (χ3v) is 4.32. The number of hydrogen-bond donors (Lipinski definition) is 2. The van der Waals surface area contributed by atoms with Crippen LogP contribution in [0.2, 0.25) is 0 Å². The van der Waals surface area contributed by atoms with Crippen molar-refractivity contribution >= 4 is 23.0 Å². The second kappa shape index (κ2) is 5.73. The average Bonchev–Trinajstić information content (AvgIpc) is 3.20. The summed E-state index contributed by atoms with van der Waals surface area (Å²) in [6, 6.07) is 6.37. The maximum absolute atomic E-state index is 8.99. The fourth-order valence-corrected chi connectivity index (χ4v) is 3.02. The number of aryl methyl sites for hydroxylation is 1. The van der Waals surface area contributed by atoms with Crippen molar-refractivity contribution < 1.29 is 5.21 Å². The number of aromatic nitrogens is 1. The fraction of sp³-hybridized carbons (Fsp3) is 0.333.